The van der Waals surface area contributed by atoms with E-state index in [9.17, 15) is 39.8 Å². The molecule has 2 aliphatic carbocycles. The summed E-state index contributed by atoms with van der Waals surface area (Å²) >= 11 is 0. The van der Waals surface area contributed by atoms with Crippen LogP contribution in [0, 0.1) is 13.2 Å². The van der Waals surface area contributed by atoms with E-state index in [1.54, 1.807) is 36.5 Å². The van der Waals surface area contributed by atoms with Crippen LogP contribution in [0.5, 0.6) is 11.5 Å². The van der Waals surface area contributed by atoms with Crippen molar-refractivity contribution in [2.75, 3.05) is 0 Å². The van der Waals surface area contributed by atoms with Gasteiger partial charge in [-0.1, -0.05) is 240 Å². The quantitative estimate of drug-likeness (QED) is 0.0529. The molecule has 6 heteroatoms. The zero-order chi connectivity index (χ0) is 93.4. The summed E-state index contributed by atoms with van der Waals surface area (Å²) < 4.78 is 398. The van der Waals surface area contributed by atoms with Gasteiger partial charge in [0.2, 0.25) is 0 Å². The van der Waals surface area contributed by atoms with Crippen molar-refractivity contribution in [3.63, 3.8) is 0 Å². The second kappa shape index (κ2) is 21.3. The van der Waals surface area contributed by atoms with E-state index in [1.165, 1.54) is 47.0 Å². The fourth-order valence-electron chi connectivity index (χ4n) is 12.0. The molecule has 0 bridgehead atoms. The van der Waals surface area contributed by atoms with Crippen LogP contribution in [0.2, 0.25) is 0 Å². The molecule has 0 spiro atoms. The lowest BCUT2D eigenvalue weighted by atomic mass is 9.63. The third kappa shape index (κ3) is 9.04. The summed E-state index contributed by atoms with van der Waals surface area (Å²) in [5, 5.41) is -3.58. The molecule has 15 rings (SSSR count). The smallest absolute Gasteiger partial charge is 0.269 e. The Labute approximate surface area is 564 Å². The van der Waals surface area contributed by atoms with Gasteiger partial charge in [-0.25, -0.2) is 4.98 Å². The van der Waals surface area contributed by atoms with Gasteiger partial charge in [0.15, 0.2) is 8.07 Å². The Bertz CT molecular complexity index is 6590. The van der Waals surface area contributed by atoms with Crippen LogP contribution in [0.1, 0.15) is 150 Å². The van der Waals surface area contributed by atoms with Crippen LogP contribution in [0.25, 0.3) is 72.3 Å². The van der Waals surface area contributed by atoms with Crippen LogP contribution < -0.4 is 30.1 Å². The van der Waals surface area contributed by atoms with Crippen LogP contribution >= 0.6 is 0 Å². The fraction of sp³-hybridized carbons (Fsp3) is 0.175. The van der Waals surface area contributed by atoms with Gasteiger partial charge in [0.05, 0.1) is 63.6 Å². The first-order chi connectivity index (χ1) is 58.9. The van der Waals surface area contributed by atoms with E-state index in [0.29, 0.717) is 27.8 Å². The second-order valence-corrected chi connectivity index (χ2v) is 24.5. The fourth-order valence-corrected chi connectivity index (χ4v) is 15.5. The van der Waals surface area contributed by atoms with Gasteiger partial charge in [-0.3, -0.25) is 13.7 Å². The standard InChI is InChI=1S/C80H70N4OSi/c1-55-48-77(81-53-70(55)56-24-15-16-25-56)84-73-39-18-17-36-68(73)69-44-43-61(52-76(69)84)85-60-28-22-27-59(51-60)82-54-83(75-41-20-19-40-74(75)82)78-66(37-23-38-67(78)58-42-45-71-72(50-58)80(4,5)47-46-79(71,2)3)57-26-21-35-65(49-57)86(62-29-9-6-10-30-62,63-31-11-7-12-32-63)64-33-13-8-14-34-64/h6-14,17-23,26-45,48-53,56H,15-16,24-25,46-47H2,1-5H3/i1D3,2D3,3D3,4D3,5D3,6D,7D,8D,9D,10D,11D,12D,13D,14D,21D,26D,29D,30D,31D,32D,33D,34D,35D,42D,45D,46D2,47D2,49D,50D. The van der Waals surface area contributed by atoms with Crippen molar-refractivity contribution < 1.29 is 65.5 Å². The molecule has 0 atom stereocenters. The molecular weight excluding hydrogens is 1060 g/mol. The van der Waals surface area contributed by atoms with Gasteiger partial charge in [-0.15, -0.1) is 0 Å². The summed E-state index contributed by atoms with van der Waals surface area (Å²) in [6.45, 7) is -20.8. The number of fused-ring (bicyclic) bond motifs is 5. The van der Waals surface area contributed by atoms with E-state index in [1.807, 2.05) is 28.8 Å². The Morgan fingerprint density at radius 1 is 0.581 bits per heavy atom. The molecule has 0 N–H and O–H groups in total. The molecule has 0 unspecified atom stereocenters. The molecular formula is C80H70N4OSi. The number of hydrogen-bond donors (Lipinski definition) is 0. The number of nitrogens with zero attached hydrogens (tertiary/aromatic N) is 4. The average molecular weight is 1170 g/mol. The third-order valence-corrected chi connectivity index (χ3v) is 19.9. The van der Waals surface area contributed by atoms with E-state index < -0.39 is 259 Å². The van der Waals surface area contributed by atoms with Crippen molar-refractivity contribution in [1.29, 1.82) is 0 Å². The lowest BCUT2D eigenvalue weighted by Crippen LogP contribution is -2.74. The molecule has 3 aromatic heterocycles. The van der Waals surface area contributed by atoms with Gasteiger partial charge in [0.25, 0.3) is 6.33 Å². The number of para-hydroxylation sites is 4. The van der Waals surface area contributed by atoms with E-state index in [0.717, 1.165) is 53.8 Å². The summed E-state index contributed by atoms with van der Waals surface area (Å²) in [5.74, 6) is 0.584. The molecule has 3 heterocycles. The summed E-state index contributed by atoms with van der Waals surface area (Å²) in [6.07, 6.45) is -1.41. The number of hydrogen-bond acceptors (Lipinski definition) is 2. The van der Waals surface area contributed by atoms with E-state index >= 15 is 0 Å². The zero-order valence-electron chi connectivity index (χ0n) is 86.1. The number of rotatable bonds is 12. The van der Waals surface area contributed by atoms with Crippen molar-refractivity contribution in [2.24, 2.45) is 0 Å². The maximum atomic E-state index is 11.0. The number of aromatic nitrogens is 4. The number of aryl methyl sites for hydroxylation is 1. The number of benzene rings is 10. The largest absolute Gasteiger partial charge is 0.458 e. The van der Waals surface area contributed by atoms with Crippen LogP contribution in [0.3, 0.4) is 0 Å². The summed E-state index contributed by atoms with van der Waals surface area (Å²) in [6, 6.07) is -1.12. The van der Waals surface area contributed by atoms with Crippen LogP contribution in [-0.2, 0) is 10.8 Å². The highest BCUT2D eigenvalue weighted by molar-refractivity contribution is 7.19. The van der Waals surface area contributed by atoms with Crippen LogP contribution in [-0.4, -0.2) is 22.2 Å². The number of pyridine rings is 1. The Kier molecular flexibility index (Phi) is 6.27. The highest BCUT2D eigenvalue weighted by Gasteiger charge is 2.42. The summed E-state index contributed by atoms with van der Waals surface area (Å²) in [7, 11) is -6.72. The highest BCUT2D eigenvalue weighted by Crippen LogP contribution is 2.48. The van der Waals surface area contributed by atoms with Crippen molar-refractivity contribution in [1.82, 2.24) is 14.1 Å². The lowest BCUT2D eigenvalue weighted by Gasteiger charge is -2.42. The van der Waals surface area contributed by atoms with Crippen molar-refractivity contribution in [2.45, 2.75) is 89.4 Å². The Hall–Kier alpha value is -9.36. The van der Waals surface area contributed by atoms with E-state index in [2.05, 4.69) is 6.33 Å². The topological polar surface area (TPSA) is 35.9 Å². The van der Waals surface area contributed by atoms with Gasteiger partial charge in [0.1, 0.15) is 17.3 Å². The molecule has 1 saturated carbocycles. The predicted molar refractivity (Wildman–Crippen MR) is 358 cm³/mol. The monoisotopic (exact) mass is 1170 g/mol. The molecule has 2 aliphatic rings. The van der Waals surface area contributed by atoms with Crippen LogP contribution in [0.4, 0.5) is 0 Å². The van der Waals surface area contributed by atoms with Gasteiger partial charge in [0, 0.05) is 49.1 Å². The van der Waals surface area contributed by atoms with Crippen LogP contribution in [0.15, 0.2) is 254 Å². The Morgan fingerprint density at radius 3 is 1.92 bits per heavy atom. The summed E-state index contributed by atoms with van der Waals surface area (Å²) in [5.41, 5.74) is -15.8. The Morgan fingerprint density at radius 2 is 1.21 bits per heavy atom. The molecule has 420 valence electrons. The molecule has 0 aliphatic heterocycles. The molecule has 10 aromatic carbocycles. The second-order valence-electron chi connectivity index (χ2n) is 21.0. The van der Waals surface area contributed by atoms with Gasteiger partial charge >= 0.3 is 0 Å². The van der Waals surface area contributed by atoms with Crippen molar-refractivity contribution in [3.8, 4) is 50.9 Å². The van der Waals surface area contributed by atoms with Gasteiger partial charge < -0.3 is 4.74 Å². The molecule has 1 fully saturated rings. The molecule has 0 radical (unpaired) electrons. The third-order valence-electron chi connectivity index (χ3n) is 15.9. The average Bonchev–Trinajstić information content (AvgIpc) is 0.954. The molecule has 0 saturated heterocycles. The van der Waals surface area contributed by atoms with E-state index in [4.69, 9.17) is 26.2 Å². The minimum atomic E-state index is -6.72. The highest BCUT2D eigenvalue weighted by atomic mass is 28.3. The molecule has 5 nitrogen and oxygen atoms in total. The van der Waals surface area contributed by atoms with E-state index in [-0.39, 0.29) is 39.7 Å². The SMILES string of the molecule is [2H]c1c([2H])c([2H])c([Si](c2c([2H])c([2H])c([2H])c([2H])c2[2H])(c2c([2H])c([2H])c([2H])c([2H])c2[2H])c2c([2H])c([2H])c([2H])c(-c3cccc(-c4c([2H])c([2H])c5c(c4[2H])C(C([2H])([2H])[2H])(C([2H])([2H])[2H])C([2H])([2H])C([2H])([2H])C5(C([2H])([2H])[2H])C([2H])([2H])[2H])c3-[n+]3[c-]n(-c4cccc(Oc5ccc6c7ccccc7n(-c7cc(C([2H])([2H])[2H])c(C8CCCC8)cn7)c6c5)c4)c4ccccc43)c2[2H])c([2H])c1[2H]. The molecule has 86 heavy (non-hydrogen) atoms. The van der Waals surface area contributed by atoms with Gasteiger partial charge in [-0.2, -0.15) is 0 Å². The van der Waals surface area contributed by atoms with Crippen molar-refractivity contribution >= 4 is 61.7 Å². The lowest BCUT2D eigenvalue weighted by molar-refractivity contribution is -0.571. The van der Waals surface area contributed by atoms with Crippen molar-refractivity contribution in [3.05, 3.63) is 283 Å². The molecule has 0 amide bonds. The minimum Gasteiger partial charge on any atom is -0.458 e. The first kappa shape index (κ1) is 25.3. The number of imidazole rings is 1. The molecule has 13 aromatic rings. The summed E-state index contributed by atoms with van der Waals surface area (Å²) in [4.78, 5) is 4.89. The first-order valence-electron chi connectivity index (χ1n) is 47.8. The number of ether oxygens (including phenoxy) is 1. The first-order valence-corrected chi connectivity index (χ1v) is 29.3. The Balaban J connectivity index is 1.09. The normalized spacial score (nSPS) is 23.7. The minimum absolute atomic E-state index is 0.00887. The zero-order valence-corrected chi connectivity index (χ0v) is 46.1. The maximum Gasteiger partial charge on any atom is 0.269 e. The van der Waals surface area contributed by atoms with Gasteiger partial charge in [-0.05, 0) is 157 Å². The maximum absolute atomic E-state index is 11.0. The predicted octanol–water partition coefficient (Wildman–Crippen LogP) is 17.0.